The first-order valence-electron chi connectivity index (χ1n) is 6.86. The Bertz CT molecular complexity index is 638. The fourth-order valence-corrected chi connectivity index (χ4v) is 1.88. The van der Waals surface area contributed by atoms with Crippen LogP contribution in [0.5, 0.6) is 11.5 Å². The minimum atomic E-state index is -0.439. The van der Waals surface area contributed by atoms with Gasteiger partial charge in [-0.1, -0.05) is 12.1 Å². The lowest BCUT2D eigenvalue weighted by Gasteiger charge is -2.13. The fourth-order valence-electron chi connectivity index (χ4n) is 1.88. The third-order valence-electron chi connectivity index (χ3n) is 2.97. The SMILES string of the molecule is CCOc1cc(C(=O)OC)ccc1OCc1ccc(F)cc1. The minimum Gasteiger partial charge on any atom is -0.490 e. The molecule has 0 amide bonds. The van der Waals surface area contributed by atoms with Crippen molar-refractivity contribution in [2.75, 3.05) is 13.7 Å². The molecule has 0 aliphatic heterocycles. The molecule has 0 heterocycles. The maximum atomic E-state index is 12.9. The van der Waals surface area contributed by atoms with Gasteiger partial charge in [0.15, 0.2) is 11.5 Å². The third kappa shape index (κ3) is 3.97. The van der Waals surface area contributed by atoms with Crippen LogP contribution in [0.15, 0.2) is 42.5 Å². The Balaban J connectivity index is 2.15. The van der Waals surface area contributed by atoms with E-state index >= 15 is 0 Å². The number of benzene rings is 2. The summed E-state index contributed by atoms with van der Waals surface area (Å²) in [6.45, 7) is 2.56. The first-order chi connectivity index (χ1) is 10.6. The second-order valence-electron chi connectivity index (χ2n) is 4.50. The number of methoxy groups -OCH3 is 1. The molecule has 0 saturated heterocycles. The summed E-state index contributed by atoms with van der Waals surface area (Å²) in [6.07, 6.45) is 0. The van der Waals surface area contributed by atoms with Crippen molar-refractivity contribution in [3.63, 3.8) is 0 Å². The average molecular weight is 304 g/mol. The van der Waals surface area contributed by atoms with E-state index in [1.54, 1.807) is 30.3 Å². The number of halogens is 1. The standard InChI is InChI=1S/C17H17FO4/c1-3-21-16-10-13(17(19)20-2)6-9-15(16)22-11-12-4-7-14(18)8-5-12/h4-10H,3,11H2,1-2H3. The molecular weight excluding hydrogens is 287 g/mol. The Kier molecular flexibility index (Phi) is 5.36. The minimum absolute atomic E-state index is 0.276. The normalized spacial score (nSPS) is 10.1. The molecule has 0 aromatic heterocycles. The van der Waals surface area contributed by atoms with E-state index in [2.05, 4.69) is 4.74 Å². The van der Waals surface area contributed by atoms with E-state index in [0.717, 1.165) is 5.56 Å². The lowest BCUT2D eigenvalue weighted by Crippen LogP contribution is -2.04. The molecule has 22 heavy (non-hydrogen) atoms. The molecule has 0 radical (unpaired) electrons. The highest BCUT2D eigenvalue weighted by molar-refractivity contribution is 5.90. The molecule has 0 bridgehead atoms. The van der Waals surface area contributed by atoms with Gasteiger partial charge in [0.05, 0.1) is 19.3 Å². The van der Waals surface area contributed by atoms with E-state index in [4.69, 9.17) is 9.47 Å². The average Bonchev–Trinajstić information content (AvgIpc) is 2.54. The van der Waals surface area contributed by atoms with Crippen molar-refractivity contribution in [1.29, 1.82) is 0 Å². The van der Waals surface area contributed by atoms with Gasteiger partial charge in [0.1, 0.15) is 12.4 Å². The highest BCUT2D eigenvalue weighted by Crippen LogP contribution is 2.29. The monoisotopic (exact) mass is 304 g/mol. The molecule has 0 N–H and O–H groups in total. The maximum Gasteiger partial charge on any atom is 0.337 e. The van der Waals surface area contributed by atoms with Gasteiger partial charge < -0.3 is 14.2 Å². The van der Waals surface area contributed by atoms with Crippen molar-refractivity contribution in [3.05, 3.63) is 59.4 Å². The van der Waals surface area contributed by atoms with Crippen molar-refractivity contribution < 1.29 is 23.4 Å². The van der Waals surface area contributed by atoms with E-state index in [1.165, 1.54) is 19.2 Å². The van der Waals surface area contributed by atoms with Crippen LogP contribution in [0.2, 0.25) is 0 Å². The van der Waals surface area contributed by atoms with E-state index in [-0.39, 0.29) is 12.4 Å². The lowest BCUT2D eigenvalue weighted by atomic mass is 10.2. The number of ether oxygens (including phenoxy) is 3. The predicted octanol–water partition coefficient (Wildman–Crippen LogP) is 3.59. The number of rotatable bonds is 6. The Labute approximate surface area is 128 Å². The Morgan fingerprint density at radius 2 is 1.77 bits per heavy atom. The molecule has 2 aromatic rings. The quantitative estimate of drug-likeness (QED) is 0.765. The van der Waals surface area contributed by atoms with Gasteiger partial charge in [-0.2, -0.15) is 0 Å². The van der Waals surface area contributed by atoms with Crippen LogP contribution >= 0.6 is 0 Å². The molecule has 0 aliphatic rings. The molecule has 0 fully saturated rings. The molecule has 4 nitrogen and oxygen atoms in total. The first-order valence-corrected chi connectivity index (χ1v) is 6.86. The van der Waals surface area contributed by atoms with E-state index in [9.17, 15) is 9.18 Å². The zero-order valence-electron chi connectivity index (χ0n) is 12.5. The number of carbonyl (C=O) groups excluding carboxylic acids is 1. The van der Waals surface area contributed by atoms with Crippen LogP contribution in [0.25, 0.3) is 0 Å². The van der Waals surface area contributed by atoms with Gasteiger partial charge in [-0.3, -0.25) is 0 Å². The fraction of sp³-hybridized carbons (Fsp3) is 0.235. The van der Waals surface area contributed by atoms with Gasteiger partial charge in [-0.25, -0.2) is 9.18 Å². The number of esters is 1. The molecule has 5 heteroatoms. The van der Waals surface area contributed by atoms with Gasteiger partial charge >= 0.3 is 5.97 Å². The number of hydrogen-bond acceptors (Lipinski definition) is 4. The van der Waals surface area contributed by atoms with Gasteiger partial charge in [0.25, 0.3) is 0 Å². The van der Waals surface area contributed by atoms with Crippen LogP contribution in [-0.2, 0) is 11.3 Å². The summed E-state index contributed by atoms with van der Waals surface area (Å²) in [4.78, 5) is 11.5. The van der Waals surface area contributed by atoms with E-state index in [0.29, 0.717) is 23.7 Å². The zero-order valence-corrected chi connectivity index (χ0v) is 12.5. The molecule has 0 atom stereocenters. The largest absolute Gasteiger partial charge is 0.490 e. The zero-order chi connectivity index (χ0) is 15.9. The van der Waals surface area contributed by atoms with Crippen molar-refractivity contribution in [2.45, 2.75) is 13.5 Å². The summed E-state index contributed by atoms with van der Waals surface area (Å²) in [5.74, 6) is 0.249. The Hall–Kier alpha value is -2.56. The molecule has 0 aliphatic carbocycles. The summed E-state index contributed by atoms with van der Waals surface area (Å²) in [5.41, 5.74) is 1.22. The summed E-state index contributed by atoms with van der Waals surface area (Å²) in [5, 5.41) is 0. The lowest BCUT2D eigenvalue weighted by molar-refractivity contribution is 0.0600. The van der Waals surface area contributed by atoms with Crippen molar-refractivity contribution >= 4 is 5.97 Å². The van der Waals surface area contributed by atoms with E-state index < -0.39 is 5.97 Å². The smallest absolute Gasteiger partial charge is 0.337 e. The molecule has 0 unspecified atom stereocenters. The van der Waals surface area contributed by atoms with Crippen LogP contribution in [0, 0.1) is 5.82 Å². The van der Waals surface area contributed by atoms with Crippen molar-refractivity contribution in [2.24, 2.45) is 0 Å². The van der Waals surface area contributed by atoms with Crippen molar-refractivity contribution in [1.82, 2.24) is 0 Å². The van der Waals surface area contributed by atoms with Gasteiger partial charge in [0.2, 0.25) is 0 Å². The highest BCUT2D eigenvalue weighted by Gasteiger charge is 2.12. The van der Waals surface area contributed by atoms with Crippen LogP contribution in [0.3, 0.4) is 0 Å². The van der Waals surface area contributed by atoms with Crippen LogP contribution in [-0.4, -0.2) is 19.7 Å². The molecule has 116 valence electrons. The molecule has 0 spiro atoms. The molecule has 2 rings (SSSR count). The summed E-state index contributed by atoms with van der Waals surface area (Å²) >= 11 is 0. The first kappa shape index (κ1) is 15.8. The van der Waals surface area contributed by atoms with Crippen molar-refractivity contribution in [3.8, 4) is 11.5 Å². The summed E-state index contributed by atoms with van der Waals surface area (Å²) in [6, 6.07) is 10.9. The Morgan fingerprint density at radius 1 is 1.05 bits per heavy atom. The predicted molar refractivity (Wildman–Crippen MR) is 79.7 cm³/mol. The topological polar surface area (TPSA) is 44.8 Å². The third-order valence-corrected chi connectivity index (χ3v) is 2.97. The van der Waals surface area contributed by atoms with Crippen LogP contribution < -0.4 is 9.47 Å². The molecule has 0 saturated carbocycles. The van der Waals surface area contributed by atoms with Crippen LogP contribution in [0.1, 0.15) is 22.8 Å². The number of carbonyl (C=O) groups is 1. The van der Waals surface area contributed by atoms with Gasteiger partial charge in [-0.05, 0) is 42.8 Å². The molecule has 2 aromatic carbocycles. The van der Waals surface area contributed by atoms with Crippen LogP contribution in [0.4, 0.5) is 4.39 Å². The maximum absolute atomic E-state index is 12.9. The van der Waals surface area contributed by atoms with E-state index in [1.807, 2.05) is 6.92 Å². The summed E-state index contributed by atoms with van der Waals surface area (Å²) < 4.78 is 28.7. The second kappa shape index (κ2) is 7.45. The summed E-state index contributed by atoms with van der Waals surface area (Å²) in [7, 11) is 1.32. The molecular formula is C17H17FO4. The highest BCUT2D eigenvalue weighted by atomic mass is 19.1. The second-order valence-corrected chi connectivity index (χ2v) is 4.50. The van der Waals surface area contributed by atoms with Gasteiger partial charge in [-0.15, -0.1) is 0 Å². The Morgan fingerprint density at radius 3 is 2.41 bits per heavy atom. The number of hydrogen-bond donors (Lipinski definition) is 0. The van der Waals surface area contributed by atoms with Gasteiger partial charge in [0, 0.05) is 0 Å².